The summed E-state index contributed by atoms with van der Waals surface area (Å²) < 4.78 is 0. The number of benzene rings is 1. The fourth-order valence-corrected chi connectivity index (χ4v) is 3.76. The highest BCUT2D eigenvalue weighted by Gasteiger charge is 2.26. The van der Waals surface area contributed by atoms with Gasteiger partial charge in [0.15, 0.2) is 0 Å². The van der Waals surface area contributed by atoms with E-state index in [2.05, 4.69) is 5.32 Å². The van der Waals surface area contributed by atoms with E-state index < -0.39 is 0 Å². The van der Waals surface area contributed by atoms with Crippen molar-refractivity contribution in [3.8, 4) is 0 Å². The molecule has 0 spiro atoms. The van der Waals surface area contributed by atoms with Crippen LogP contribution in [0, 0.1) is 0 Å². The third kappa shape index (κ3) is 4.27. The molecule has 1 atom stereocenters. The van der Waals surface area contributed by atoms with Crippen LogP contribution in [0.5, 0.6) is 0 Å². The first kappa shape index (κ1) is 17.6. The predicted molar refractivity (Wildman–Crippen MR) is 99.7 cm³/mol. The topological polar surface area (TPSA) is 75.4 Å². The van der Waals surface area contributed by atoms with Crippen LogP contribution < -0.4 is 11.1 Å². The summed E-state index contributed by atoms with van der Waals surface area (Å²) in [6, 6.07) is 11.2. The highest BCUT2D eigenvalue weighted by Crippen LogP contribution is 2.19. The molecule has 0 aliphatic carbocycles. The second-order valence-electron chi connectivity index (χ2n) is 6.24. The van der Waals surface area contributed by atoms with Crippen LogP contribution in [0.25, 0.3) is 0 Å². The van der Waals surface area contributed by atoms with Gasteiger partial charge in [0, 0.05) is 31.2 Å². The zero-order valence-corrected chi connectivity index (χ0v) is 14.9. The lowest BCUT2D eigenvalue weighted by molar-refractivity contribution is 0.0623. The highest BCUT2D eigenvalue weighted by molar-refractivity contribution is 7.12. The van der Waals surface area contributed by atoms with Crippen LogP contribution in [0.1, 0.15) is 44.9 Å². The van der Waals surface area contributed by atoms with Crippen LogP contribution in [0.2, 0.25) is 0 Å². The second-order valence-corrected chi connectivity index (χ2v) is 7.19. The molecule has 1 aliphatic rings. The first-order valence-electron chi connectivity index (χ1n) is 8.60. The highest BCUT2D eigenvalue weighted by atomic mass is 32.1. The Kier molecular flexibility index (Phi) is 5.83. The lowest BCUT2D eigenvalue weighted by atomic mass is 10.0. The SMILES string of the molecule is NCC1CCCCN1C(=O)c1ccc(CNC(=O)c2cccs2)cc1. The van der Waals surface area contributed by atoms with Gasteiger partial charge in [-0.2, -0.15) is 0 Å². The van der Waals surface area contributed by atoms with E-state index in [1.54, 1.807) is 6.07 Å². The maximum absolute atomic E-state index is 12.7. The van der Waals surface area contributed by atoms with Gasteiger partial charge in [-0.25, -0.2) is 0 Å². The van der Waals surface area contributed by atoms with Crippen LogP contribution in [0.4, 0.5) is 0 Å². The van der Waals surface area contributed by atoms with Gasteiger partial charge in [-0.15, -0.1) is 11.3 Å². The van der Waals surface area contributed by atoms with Gasteiger partial charge in [0.25, 0.3) is 11.8 Å². The molecule has 5 nitrogen and oxygen atoms in total. The van der Waals surface area contributed by atoms with Crippen molar-refractivity contribution in [3.63, 3.8) is 0 Å². The average Bonchev–Trinajstić information content (AvgIpc) is 3.21. The number of hydrogen-bond donors (Lipinski definition) is 2. The molecule has 1 unspecified atom stereocenters. The van der Waals surface area contributed by atoms with Crippen molar-refractivity contribution in [3.05, 3.63) is 57.8 Å². The number of nitrogens with one attached hydrogen (secondary N) is 1. The molecule has 132 valence electrons. The number of thiophene rings is 1. The van der Waals surface area contributed by atoms with E-state index in [1.165, 1.54) is 11.3 Å². The predicted octanol–water partition coefficient (Wildman–Crippen LogP) is 2.63. The summed E-state index contributed by atoms with van der Waals surface area (Å²) in [4.78, 5) is 27.3. The molecule has 2 amide bonds. The number of hydrogen-bond acceptors (Lipinski definition) is 4. The lowest BCUT2D eigenvalue weighted by Gasteiger charge is -2.35. The smallest absolute Gasteiger partial charge is 0.261 e. The first-order chi connectivity index (χ1) is 12.2. The van der Waals surface area contributed by atoms with E-state index in [9.17, 15) is 9.59 Å². The van der Waals surface area contributed by atoms with Gasteiger partial charge in [-0.05, 0) is 48.4 Å². The monoisotopic (exact) mass is 357 g/mol. The largest absolute Gasteiger partial charge is 0.347 e. The third-order valence-electron chi connectivity index (χ3n) is 4.56. The summed E-state index contributed by atoms with van der Waals surface area (Å²) in [7, 11) is 0. The fraction of sp³-hybridized carbons (Fsp3) is 0.368. The second kappa shape index (κ2) is 8.27. The number of nitrogens with zero attached hydrogens (tertiary/aromatic N) is 1. The minimum Gasteiger partial charge on any atom is -0.347 e. The number of carbonyl (C=O) groups excluding carboxylic acids is 2. The Morgan fingerprint density at radius 3 is 2.68 bits per heavy atom. The molecule has 1 aromatic carbocycles. The molecule has 1 aliphatic heterocycles. The molecule has 3 N–H and O–H groups in total. The van der Waals surface area contributed by atoms with Gasteiger partial charge >= 0.3 is 0 Å². The molecular weight excluding hydrogens is 334 g/mol. The first-order valence-corrected chi connectivity index (χ1v) is 9.48. The van der Waals surface area contributed by atoms with Crippen LogP contribution >= 0.6 is 11.3 Å². The molecule has 1 fully saturated rings. The minimum atomic E-state index is -0.0748. The average molecular weight is 357 g/mol. The number of rotatable bonds is 5. The van der Waals surface area contributed by atoms with Crippen molar-refractivity contribution in [1.29, 1.82) is 0 Å². The van der Waals surface area contributed by atoms with Crippen LogP contribution in [-0.4, -0.2) is 35.8 Å². The van der Waals surface area contributed by atoms with E-state index in [1.807, 2.05) is 40.6 Å². The maximum atomic E-state index is 12.7. The van der Waals surface area contributed by atoms with Gasteiger partial charge in [0.2, 0.25) is 0 Å². The maximum Gasteiger partial charge on any atom is 0.261 e. The standard InChI is InChI=1S/C19H23N3O2S/c20-12-16-4-1-2-10-22(16)19(24)15-8-6-14(7-9-15)13-21-18(23)17-5-3-11-25-17/h3,5-9,11,16H,1-2,4,10,12-13,20H2,(H,21,23). The van der Waals surface area contributed by atoms with E-state index >= 15 is 0 Å². The van der Waals surface area contributed by atoms with Gasteiger partial charge in [0.1, 0.15) is 0 Å². The Balaban J connectivity index is 1.59. The van der Waals surface area contributed by atoms with Crippen molar-refractivity contribution >= 4 is 23.2 Å². The number of likely N-dealkylation sites (tertiary alicyclic amines) is 1. The molecule has 0 radical (unpaired) electrons. The molecule has 0 saturated carbocycles. The van der Waals surface area contributed by atoms with E-state index in [0.29, 0.717) is 23.5 Å². The van der Waals surface area contributed by atoms with E-state index in [-0.39, 0.29) is 17.9 Å². The Labute approximate surface area is 151 Å². The van der Waals surface area contributed by atoms with Gasteiger partial charge in [-0.1, -0.05) is 18.2 Å². The summed E-state index contributed by atoms with van der Waals surface area (Å²) in [6.07, 6.45) is 3.15. The van der Waals surface area contributed by atoms with Crippen molar-refractivity contribution < 1.29 is 9.59 Å². The molecule has 25 heavy (non-hydrogen) atoms. The zero-order valence-electron chi connectivity index (χ0n) is 14.1. The van der Waals surface area contributed by atoms with E-state index in [4.69, 9.17) is 5.73 Å². The minimum absolute atomic E-state index is 0.0457. The lowest BCUT2D eigenvalue weighted by Crippen LogP contribution is -2.47. The van der Waals surface area contributed by atoms with Gasteiger partial charge < -0.3 is 16.0 Å². The van der Waals surface area contributed by atoms with Crippen molar-refractivity contribution in [2.24, 2.45) is 5.73 Å². The Bertz CT molecular complexity index is 713. The number of piperidine rings is 1. The summed E-state index contributed by atoms with van der Waals surface area (Å²) >= 11 is 1.42. The van der Waals surface area contributed by atoms with Crippen molar-refractivity contribution in [2.45, 2.75) is 31.8 Å². The molecule has 2 heterocycles. The quantitative estimate of drug-likeness (QED) is 0.864. The summed E-state index contributed by atoms with van der Waals surface area (Å²) in [5.41, 5.74) is 7.45. The Morgan fingerprint density at radius 2 is 2.00 bits per heavy atom. The Morgan fingerprint density at radius 1 is 1.20 bits per heavy atom. The third-order valence-corrected chi connectivity index (χ3v) is 5.43. The molecular formula is C19H23N3O2S. The van der Waals surface area contributed by atoms with Crippen LogP contribution in [0.3, 0.4) is 0 Å². The van der Waals surface area contributed by atoms with E-state index in [0.717, 1.165) is 31.4 Å². The van der Waals surface area contributed by atoms with Crippen molar-refractivity contribution in [2.75, 3.05) is 13.1 Å². The number of nitrogens with two attached hydrogens (primary N) is 1. The molecule has 1 saturated heterocycles. The normalized spacial score (nSPS) is 17.3. The Hall–Kier alpha value is -2.18. The molecule has 6 heteroatoms. The molecule has 1 aromatic heterocycles. The van der Waals surface area contributed by atoms with Crippen LogP contribution in [0.15, 0.2) is 41.8 Å². The zero-order chi connectivity index (χ0) is 17.6. The fourth-order valence-electron chi connectivity index (χ4n) is 3.12. The van der Waals surface area contributed by atoms with Crippen molar-refractivity contribution in [1.82, 2.24) is 10.2 Å². The molecule has 2 aromatic rings. The number of carbonyl (C=O) groups is 2. The summed E-state index contributed by atoms with van der Waals surface area (Å²) in [6.45, 7) is 1.73. The summed E-state index contributed by atoms with van der Waals surface area (Å²) in [5, 5.41) is 4.77. The summed E-state index contributed by atoms with van der Waals surface area (Å²) in [5.74, 6) is -0.0291. The number of amides is 2. The van der Waals surface area contributed by atoms with Gasteiger partial charge in [-0.3, -0.25) is 9.59 Å². The van der Waals surface area contributed by atoms with Crippen LogP contribution in [-0.2, 0) is 6.54 Å². The molecule has 3 rings (SSSR count). The molecule has 0 bridgehead atoms. The van der Waals surface area contributed by atoms with Gasteiger partial charge in [0.05, 0.1) is 4.88 Å².